The molecule has 4 nitrogen and oxygen atoms in total. The molecule has 2 N–H and O–H groups in total. The Balaban J connectivity index is 2.03. The molecule has 0 bridgehead atoms. The van der Waals surface area contributed by atoms with Gasteiger partial charge in [-0.1, -0.05) is 0 Å². The van der Waals surface area contributed by atoms with Crippen LogP contribution in [0.2, 0.25) is 0 Å². The Labute approximate surface area is 91.1 Å². The third-order valence-electron chi connectivity index (χ3n) is 3.02. The fraction of sp³-hybridized carbons (Fsp3) is 0.727. The minimum Gasteiger partial charge on any atom is -0.369 e. The average molecular weight is 208 g/mol. The first-order chi connectivity index (χ1) is 7.16. The highest BCUT2D eigenvalue weighted by molar-refractivity contribution is 5.42. The fourth-order valence-corrected chi connectivity index (χ4v) is 1.93. The van der Waals surface area contributed by atoms with Crippen molar-refractivity contribution in [1.29, 1.82) is 0 Å². The van der Waals surface area contributed by atoms with Gasteiger partial charge in [-0.2, -0.15) is 5.10 Å². The van der Waals surface area contributed by atoms with Crippen molar-refractivity contribution in [1.82, 2.24) is 9.78 Å². The SMILES string of the molecule is CC(C)n1cc(N2CCC(N)CC2)cn1. The van der Waals surface area contributed by atoms with Gasteiger partial charge in [0.15, 0.2) is 0 Å². The summed E-state index contributed by atoms with van der Waals surface area (Å²) in [6.45, 7) is 6.40. The van der Waals surface area contributed by atoms with Gasteiger partial charge in [0, 0.05) is 31.4 Å². The first kappa shape index (κ1) is 10.5. The third kappa shape index (κ3) is 2.31. The molecule has 0 spiro atoms. The second kappa shape index (κ2) is 4.23. The average Bonchev–Trinajstić information content (AvgIpc) is 2.68. The summed E-state index contributed by atoms with van der Waals surface area (Å²) in [5.41, 5.74) is 7.11. The van der Waals surface area contributed by atoms with Crippen LogP contribution in [0.5, 0.6) is 0 Å². The van der Waals surface area contributed by atoms with Crippen LogP contribution in [0.3, 0.4) is 0 Å². The second-order valence-corrected chi connectivity index (χ2v) is 4.60. The molecule has 0 aromatic carbocycles. The highest BCUT2D eigenvalue weighted by Crippen LogP contribution is 2.19. The number of aromatic nitrogens is 2. The number of anilines is 1. The Hall–Kier alpha value is -1.03. The zero-order valence-electron chi connectivity index (χ0n) is 9.56. The van der Waals surface area contributed by atoms with Gasteiger partial charge in [-0.25, -0.2) is 0 Å². The molecule has 2 rings (SSSR count). The quantitative estimate of drug-likeness (QED) is 0.799. The zero-order chi connectivity index (χ0) is 10.8. The molecule has 4 heteroatoms. The fourth-order valence-electron chi connectivity index (χ4n) is 1.93. The van der Waals surface area contributed by atoms with Crippen LogP contribution in [0.25, 0.3) is 0 Å². The maximum Gasteiger partial charge on any atom is 0.0752 e. The van der Waals surface area contributed by atoms with Crippen LogP contribution in [0.1, 0.15) is 32.7 Å². The van der Waals surface area contributed by atoms with Crippen LogP contribution in [0, 0.1) is 0 Å². The summed E-state index contributed by atoms with van der Waals surface area (Å²) in [7, 11) is 0. The molecule has 0 amide bonds. The van der Waals surface area contributed by atoms with Crippen molar-refractivity contribution >= 4 is 5.69 Å². The van der Waals surface area contributed by atoms with Crippen LogP contribution < -0.4 is 10.6 Å². The van der Waals surface area contributed by atoms with E-state index in [4.69, 9.17) is 5.73 Å². The van der Waals surface area contributed by atoms with E-state index in [0.717, 1.165) is 25.9 Å². The van der Waals surface area contributed by atoms with Crippen molar-refractivity contribution in [3.8, 4) is 0 Å². The lowest BCUT2D eigenvalue weighted by Gasteiger charge is -2.30. The molecule has 84 valence electrons. The predicted octanol–water partition coefficient (Wildman–Crippen LogP) is 1.39. The van der Waals surface area contributed by atoms with Crippen LogP contribution in [0.15, 0.2) is 12.4 Å². The van der Waals surface area contributed by atoms with Gasteiger partial charge >= 0.3 is 0 Å². The summed E-state index contributed by atoms with van der Waals surface area (Å²) in [6.07, 6.45) is 6.26. The molecule has 1 saturated heterocycles. The van der Waals surface area contributed by atoms with E-state index in [0.29, 0.717) is 12.1 Å². The van der Waals surface area contributed by atoms with Gasteiger partial charge in [-0.15, -0.1) is 0 Å². The molecule has 1 fully saturated rings. The predicted molar refractivity (Wildman–Crippen MR) is 62.0 cm³/mol. The van der Waals surface area contributed by atoms with Crippen LogP contribution in [-0.2, 0) is 0 Å². The van der Waals surface area contributed by atoms with Gasteiger partial charge in [-0.05, 0) is 26.7 Å². The van der Waals surface area contributed by atoms with Crippen molar-refractivity contribution in [2.24, 2.45) is 5.73 Å². The number of piperidine rings is 1. The van der Waals surface area contributed by atoms with Crippen molar-refractivity contribution in [3.63, 3.8) is 0 Å². The molecule has 0 aliphatic carbocycles. The largest absolute Gasteiger partial charge is 0.369 e. The van der Waals surface area contributed by atoms with E-state index < -0.39 is 0 Å². The number of hydrogen-bond acceptors (Lipinski definition) is 3. The van der Waals surface area contributed by atoms with E-state index in [1.54, 1.807) is 0 Å². The first-order valence-corrected chi connectivity index (χ1v) is 5.71. The van der Waals surface area contributed by atoms with Crippen molar-refractivity contribution in [2.45, 2.75) is 38.8 Å². The van der Waals surface area contributed by atoms with E-state index in [-0.39, 0.29) is 0 Å². The van der Waals surface area contributed by atoms with E-state index in [1.807, 2.05) is 10.9 Å². The third-order valence-corrected chi connectivity index (χ3v) is 3.02. The van der Waals surface area contributed by atoms with Crippen molar-refractivity contribution in [3.05, 3.63) is 12.4 Å². The van der Waals surface area contributed by atoms with Gasteiger partial charge in [0.05, 0.1) is 11.9 Å². The second-order valence-electron chi connectivity index (χ2n) is 4.60. The molecular formula is C11H20N4. The van der Waals surface area contributed by atoms with Gasteiger partial charge < -0.3 is 10.6 Å². The lowest BCUT2D eigenvalue weighted by atomic mass is 10.1. The monoisotopic (exact) mass is 208 g/mol. The topological polar surface area (TPSA) is 47.1 Å². The summed E-state index contributed by atoms with van der Waals surface area (Å²) in [4.78, 5) is 2.37. The normalized spacial score (nSPS) is 18.8. The molecule has 0 radical (unpaired) electrons. The number of rotatable bonds is 2. The molecule has 1 aliphatic heterocycles. The number of nitrogens with zero attached hydrogens (tertiary/aromatic N) is 3. The number of nitrogens with two attached hydrogens (primary N) is 1. The van der Waals surface area contributed by atoms with Crippen molar-refractivity contribution in [2.75, 3.05) is 18.0 Å². The lowest BCUT2D eigenvalue weighted by molar-refractivity contribution is 0.500. The highest BCUT2D eigenvalue weighted by atomic mass is 15.3. The molecule has 0 saturated carbocycles. The van der Waals surface area contributed by atoms with Gasteiger partial charge in [0.2, 0.25) is 0 Å². The highest BCUT2D eigenvalue weighted by Gasteiger charge is 2.17. The van der Waals surface area contributed by atoms with E-state index in [2.05, 4.69) is 30.0 Å². The standard InChI is InChI=1S/C11H20N4/c1-9(2)15-8-11(7-13-15)14-5-3-10(12)4-6-14/h7-10H,3-6,12H2,1-2H3. The lowest BCUT2D eigenvalue weighted by Crippen LogP contribution is -2.39. The summed E-state index contributed by atoms with van der Waals surface area (Å²) < 4.78 is 2.00. The van der Waals surface area contributed by atoms with Gasteiger partial charge in [0.1, 0.15) is 0 Å². The summed E-state index contributed by atoms with van der Waals surface area (Å²) in [5.74, 6) is 0. The summed E-state index contributed by atoms with van der Waals surface area (Å²) in [5, 5.41) is 4.35. The smallest absolute Gasteiger partial charge is 0.0752 e. The molecule has 2 heterocycles. The Kier molecular flexibility index (Phi) is 2.95. The molecule has 15 heavy (non-hydrogen) atoms. The zero-order valence-corrected chi connectivity index (χ0v) is 9.56. The molecule has 1 aliphatic rings. The minimum absolute atomic E-state index is 0.390. The van der Waals surface area contributed by atoms with Gasteiger partial charge in [0.25, 0.3) is 0 Å². The maximum absolute atomic E-state index is 5.88. The van der Waals surface area contributed by atoms with Crippen LogP contribution in [0.4, 0.5) is 5.69 Å². The van der Waals surface area contributed by atoms with E-state index >= 15 is 0 Å². The van der Waals surface area contributed by atoms with Crippen LogP contribution in [-0.4, -0.2) is 28.9 Å². The first-order valence-electron chi connectivity index (χ1n) is 5.71. The van der Waals surface area contributed by atoms with E-state index in [9.17, 15) is 0 Å². The molecule has 0 unspecified atom stereocenters. The Morgan fingerprint density at radius 2 is 2.07 bits per heavy atom. The summed E-state index contributed by atoms with van der Waals surface area (Å²) in [6, 6.07) is 0.826. The summed E-state index contributed by atoms with van der Waals surface area (Å²) >= 11 is 0. The minimum atomic E-state index is 0.390. The Bertz CT molecular complexity index is 310. The molecule has 1 aromatic heterocycles. The van der Waals surface area contributed by atoms with Crippen LogP contribution >= 0.6 is 0 Å². The molecular weight excluding hydrogens is 188 g/mol. The van der Waals surface area contributed by atoms with E-state index in [1.165, 1.54) is 5.69 Å². The maximum atomic E-state index is 5.88. The molecule has 0 atom stereocenters. The number of hydrogen-bond donors (Lipinski definition) is 1. The Morgan fingerprint density at radius 3 is 2.60 bits per heavy atom. The van der Waals surface area contributed by atoms with Crippen molar-refractivity contribution < 1.29 is 0 Å². The molecule has 1 aromatic rings. The van der Waals surface area contributed by atoms with Gasteiger partial charge in [-0.3, -0.25) is 4.68 Å². The Morgan fingerprint density at radius 1 is 1.40 bits per heavy atom.